The minimum Gasteiger partial charge on any atom is -0.123 e. The molecule has 0 bridgehead atoms. The molecule has 1 aliphatic rings. The topological polar surface area (TPSA) is 0 Å². The molecule has 0 aliphatic carbocycles. The summed E-state index contributed by atoms with van der Waals surface area (Å²) in [5.74, 6) is 0. The van der Waals surface area contributed by atoms with Crippen molar-refractivity contribution in [3.05, 3.63) is 59.2 Å². The summed E-state index contributed by atoms with van der Waals surface area (Å²) in [5, 5.41) is 1.29. The zero-order chi connectivity index (χ0) is 14.1. The van der Waals surface area contributed by atoms with Crippen molar-refractivity contribution in [3.8, 4) is 0 Å². The van der Waals surface area contributed by atoms with E-state index >= 15 is 0 Å². The van der Waals surface area contributed by atoms with Gasteiger partial charge in [0.1, 0.15) is 0 Å². The van der Waals surface area contributed by atoms with E-state index in [2.05, 4.69) is 63.2 Å². The minimum atomic E-state index is 0.587. The molecule has 0 spiro atoms. The van der Waals surface area contributed by atoms with Gasteiger partial charge in [-0.2, -0.15) is 0 Å². The Kier molecular flexibility index (Phi) is 4.13. The van der Waals surface area contributed by atoms with Gasteiger partial charge < -0.3 is 0 Å². The summed E-state index contributed by atoms with van der Waals surface area (Å²) in [6.07, 6.45) is 1.25. The fourth-order valence-corrected chi connectivity index (χ4v) is 5.34. The molecule has 0 radical (unpaired) electrons. The Hall–Kier alpha value is -0.860. The Morgan fingerprint density at radius 3 is 2.45 bits per heavy atom. The number of thioether (sulfide) groups is 2. The predicted octanol–water partition coefficient (Wildman–Crippen LogP) is 6.02. The van der Waals surface area contributed by atoms with Gasteiger partial charge >= 0.3 is 0 Å². The van der Waals surface area contributed by atoms with E-state index in [1.54, 1.807) is 0 Å². The van der Waals surface area contributed by atoms with Gasteiger partial charge in [0.15, 0.2) is 0 Å². The Labute approximate surface area is 130 Å². The maximum Gasteiger partial charge on any atom is 0.0366 e. The van der Waals surface area contributed by atoms with Gasteiger partial charge in [-0.1, -0.05) is 42.3 Å². The molecule has 0 N–H and O–H groups in total. The number of fused-ring (bicyclic) bond motifs is 1. The summed E-state index contributed by atoms with van der Waals surface area (Å²) in [7, 11) is 0. The summed E-state index contributed by atoms with van der Waals surface area (Å²) in [6, 6.07) is 15.8. The number of benzene rings is 2. The van der Waals surface area contributed by atoms with Crippen LogP contribution in [0.3, 0.4) is 0 Å². The zero-order valence-corrected chi connectivity index (χ0v) is 13.9. The quantitative estimate of drug-likeness (QED) is 0.665. The van der Waals surface area contributed by atoms with E-state index in [0.717, 1.165) is 0 Å². The first kappa shape index (κ1) is 14.1. The van der Waals surface area contributed by atoms with E-state index in [9.17, 15) is 0 Å². The molecular formula is C18H20S2. The summed E-state index contributed by atoms with van der Waals surface area (Å²) < 4.78 is 0. The van der Waals surface area contributed by atoms with Crippen LogP contribution in [0.1, 0.15) is 35.3 Å². The van der Waals surface area contributed by atoms with E-state index in [1.807, 2.05) is 23.5 Å². The van der Waals surface area contributed by atoms with Crippen molar-refractivity contribution < 1.29 is 0 Å². The molecule has 0 saturated carbocycles. The molecule has 0 fully saturated rings. The predicted molar refractivity (Wildman–Crippen MR) is 90.9 cm³/mol. The van der Waals surface area contributed by atoms with Gasteiger partial charge in [-0.15, -0.1) is 23.5 Å². The Morgan fingerprint density at radius 2 is 1.70 bits per heavy atom. The average Bonchev–Trinajstić information content (AvgIpc) is 2.42. The van der Waals surface area contributed by atoms with Crippen molar-refractivity contribution >= 4 is 23.5 Å². The summed E-state index contributed by atoms with van der Waals surface area (Å²) >= 11 is 4.04. The molecule has 3 rings (SSSR count). The second-order valence-corrected chi connectivity index (χ2v) is 8.38. The minimum absolute atomic E-state index is 0.587. The molecule has 104 valence electrons. The number of hydrogen-bond donors (Lipinski definition) is 0. The third-order valence-corrected chi connectivity index (χ3v) is 6.18. The molecule has 0 aromatic heterocycles. The van der Waals surface area contributed by atoms with Gasteiger partial charge in [0, 0.05) is 20.3 Å². The van der Waals surface area contributed by atoms with Crippen LogP contribution >= 0.6 is 23.5 Å². The lowest BCUT2D eigenvalue weighted by atomic mass is 10.0. The highest BCUT2D eigenvalue weighted by Crippen LogP contribution is 2.49. The lowest BCUT2D eigenvalue weighted by molar-refractivity contribution is 0.762. The fraction of sp³-hybridized carbons (Fsp3) is 0.333. The van der Waals surface area contributed by atoms with Crippen molar-refractivity contribution in [2.24, 2.45) is 0 Å². The molecule has 20 heavy (non-hydrogen) atoms. The third-order valence-electron chi connectivity index (χ3n) is 3.69. The smallest absolute Gasteiger partial charge is 0.0366 e. The van der Waals surface area contributed by atoms with E-state index < -0.39 is 0 Å². The number of aryl methyl sites for hydroxylation is 2. The molecule has 1 heterocycles. The van der Waals surface area contributed by atoms with Gasteiger partial charge in [-0.25, -0.2) is 0 Å². The SMILES string of the molecule is Cc1ccc(SC2CC(C)Sc3ccc(C)cc32)cc1. The first-order valence-corrected chi connectivity index (χ1v) is 8.88. The average molecular weight is 300 g/mol. The first-order valence-electron chi connectivity index (χ1n) is 7.12. The molecule has 2 atom stereocenters. The highest BCUT2D eigenvalue weighted by atomic mass is 32.2. The molecule has 0 saturated heterocycles. The molecule has 2 heteroatoms. The molecule has 0 amide bonds. The van der Waals surface area contributed by atoms with Crippen LogP contribution in [0.4, 0.5) is 0 Å². The summed E-state index contributed by atoms with van der Waals surface area (Å²) in [5.41, 5.74) is 4.23. The monoisotopic (exact) mass is 300 g/mol. The van der Waals surface area contributed by atoms with Crippen LogP contribution in [-0.4, -0.2) is 5.25 Å². The van der Waals surface area contributed by atoms with Crippen LogP contribution < -0.4 is 0 Å². The highest BCUT2D eigenvalue weighted by molar-refractivity contribution is 8.01. The second kappa shape index (κ2) is 5.87. The maximum absolute atomic E-state index is 2.38. The number of hydrogen-bond acceptors (Lipinski definition) is 2. The van der Waals surface area contributed by atoms with Crippen molar-refractivity contribution in [1.82, 2.24) is 0 Å². The maximum atomic E-state index is 2.38. The standard InChI is InChI=1S/C18H20S2/c1-12-4-7-15(8-5-12)20-18-11-14(3)19-17-9-6-13(2)10-16(17)18/h4-10,14,18H,11H2,1-3H3. The second-order valence-electron chi connectivity index (χ2n) is 5.62. The molecular weight excluding hydrogens is 280 g/mol. The highest BCUT2D eigenvalue weighted by Gasteiger charge is 2.26. The fourth-order valence-electron chi connectivity index (χ4n) is 2.61. The van der Waals surface area contributed by atoms with Crippen LogP contribution in [0.25, 0.3) is 0 Å². The van der Waals surface area contributed by atoms with E-state index in [4.69, 9.17) is 0 Å². The van der Waals surface area contributed by atoms with E-state index in [0.29, 0.717) is 10.5 Å². The van der Waals surface area contributed by atoms with Gasteiger partial charge in [0.2, 0.25) is 0 Å². The van der Waals surface area contributed by atoms with Crippen LogP contribution in [0.5, 0.6) is 0 Å². The van der Waals surface area contributed by atoms with Gasteiger partial charge in [0.05, 0.1) is 0 Å². The van der Waals surface area contributed by atoms with Crippen molar-refractivity contribution in [1.29, 1.82) is 0 Å². The van der Waals surface area contributed by atoms with Crippen LogP contribution in [0, 0.1) is 13.8 Å². The molecule has 1 aliphatic heterocycles. The van der Waals surface area contributed by atoms with E-state index in [-0.39, 0.29) is 0 Å². The van der Waals surface area contributed by atoms with Crippen LogP contribution in [0.15, 0.2) is 52.3 Å². The molecule has 2 aromatic carbocycles. The van der Waals surface area contributed by atoms with Gasteiger partial charge in [-0.05, 0) is 44.0 Å². The molecule has 0 nitrogen and oxygen atoms in total. The van der Waals surface area contributed by atoms with Crippen molar-refractivity contribution in [2.75, 3.05) is 0 Å². The van der Waals surface area contributed by atoms with Crippen molar-refractivity contribution in [2.45, 2.75) is 47.5 Å². The summed E-state index contributed by atoms with van der Waals surface area (Å²) in [6.45, 7) is 6.68. The Balaban J connectivity index is 1.90. The van der Waals surface area contributed by atoms with E-state index in [1.165, 1.54) is 32.9 Å². The van der Waals surface area contributed by atoms with Crippen LogP contribution in [-0.2, 0) is 0 Å². The first-order chi connectivity index (χ1) is 9.61. The van der Waals surface area contributed by atoms with Gasteiger partial charge in [-0.3, -0.25) is 0 Å². The normalized spacial score (nSPS) is 21.6. The zero-order valence-electron chi connectivity index (χ0n) is 12.2. The Bertz CT molecular complexity index is 601. The largest absolute Gasteiger partial charge is 0.123 e. The number of rotatable bonds is 2. The van der Waals surface area contributed by atoms with Crippen LogP contribution in [0.2, 0.25) is 0 Å². The summed E-state index contributed by atoms with van der Waals surface area (Å²) in [4.78, 5) is 2.85. The molecule has 2 unspecified atom stereocenters. The third kappa shape index (κ3) is 3.07. The lowest BCUT2D eigenvalue weighted by Gasteiger charge is -2.29. The van der Waals surface area contributed by atoms with Gasteiger partial charge in [0.25, 0.3) is 0 Å². The molecule has 2 aromatic rings. The Morgan fingerprint density at radius 1 is 1.00 bits per heavy atom. The van der Waals surface area contributed by atoms with Crippen molar-refractivity contribution in [3.63, 3.8) is 0 Å². The lowest BCUT2D eigenvalue weighted by Crippen LogP contribution is -2.11.